The summed E-state index contributed by atoms with van der Waals surface area (Å²) in [6, 6.07) is 9.33. The van der Waals surface area contributed by atoms with Gasteiger partial charge in [0.1, 0.15) is 5.82 Å². The number of nitrogens with zero attached hydrogens (tertiary/aromatic N) is 3. The molecule has 1 aliphatic heterocycles. The summed E-state index contributed by atoms with van der Waals surface area (Å²) >= 11 is 1.46. The SMILES string of the molecule is CC(C)(C)c1cc(=O)n2c(n1)SCC(C(=O)NCc1nc3ccccc3[nH]1)C2. The van der Waals surface area contributed by atoms with Crippen molar-refractivity contribution < 1.29 is 4.79 Å². The summed E-state index contributed by atoms with van der Waals surface area (Å²) in [7, 11) is 0. The Balaban J connectivity index is 1.45. The van der Waals surface area contributed by atoms with Gasteiger partial charge in [0.15, 0.2) is 5.16 Å². The molecule has 146 valence electrons. The van der Waals surface area contributed by atoms with Gasteiger partial charge in [0.2, 0.25) is 5.91 Å². The van der Waals surface area contributed by atoms with Crippen LogP contribution in [0.3, 0.4) is 0 Å². The molecule has 0 saturated carbocycles. The first-order valence-electron chi connectivity index (χ1n) is 9.28. The molecule has 1 atom stereocenters. The van der Waals surface area contributed by atoms with E-state index < -0.39 is 0 Å². The highest BCUT2D eigenvalue weighted by atomic mass is 32.2. The zero-order valence-electron chi connectivity index (χ0n) is 16.2. The van der Waals surface area contributed by atoms with Gasteiger partial charge in [-0.2, -0.15) is 0 Å². The number of carbonyl (C=O) groups is 1. The first-order chi connectivity index (χ1) is 13.3. The van der Waals surface area contributed by atoms with Crippen molar-refractivity contribution in [3.8, 4) is 0 Å². The Kier molecular flexibility index (Phi) is 4.74. The summed E-state index contributed by atoms with van der Waals surface area (Å²) in [6.07, 6.45) is 0. The maximum Gasteiger partial charge on any atom is 0.254 e. The summed E-state index contributed by atoms with van der Waals surface area (Å²) in [6.45, 7) is 6.79. The minimum atomic E-state index is -0.276. The number of aromatic nitrogens is 4. The number of hydrogen-bond acceptors (Lipinski definition) is 5. The van der Waals surface area contributed by atoms with Crippen LogP contribution < -0.4 is 10.9 Å². The van der Waals surface area contributed by atoms with Gasteiger partial charge in [-0.15, -0.1) is 0 Å². The van der Waals surface area contributed by atoms with Crippen LogP contribution in [0.4, 0.5) is 0 Å². The Morgan fingerprint density at radius 2 is 2.11 bits per heavy atom. The fourth-order valence-corrected chi connectivity index (χ4v) is 4.25. The van der Waals surface area contributed by atoms with Crippen molar-refractivity contribution in [2.45, 2.75) is 44.4 Å². The average Bonchev–Trinajstić information content (AvgIpc) is 3.08. The summed E-state index contributed by atoms with van der Waals surface area (Å²) in [5.41, 5.74) is 2.32. The van der Waals surface area contributed by atoms with E-state index in [-0.39, 0.29) is 22.8 Å². The van der Waals surface area contributed by atoms with Crippen molar-refractivity contribution in [2.75, 3.05) is 5.75 Å². The van der Waals surface area contributed by atoms with Crippen LogP contribution in [0.5, 0.6) is 0 Å². The molecule has 1 aromatic carbocycles. The molecule has 0 fully saturated rings. The molecule has 8 heteroatoms. The van der Waals surface area contributed by atoms with Crippen molar-refractivity contribution in [3.63, 3.8) is 0 Å². The van der Waals surface area contributed by atoms with Crippen molar-refractivity contribution in [1.29, 1.82) is 0 Å². The number of thioether (sulfide) groups is 1. The topological polar surface area (TPSA) is 92.7 Å². The second kappa shape index (κ2) is 7.09. The average molecular weight is 398 g/mol. The highest BCUT2D eigenvalue weighted by Crippen LogP contribution is 2.28. The van der Waals surface area contributed by atoms with Crippen molar-refractivity contribution in [3.05, 3.63) is 52.2 Å². The Morgan fingerprint density at radius 3 is 2.86 bits per heavy atom. The van der Waals surface area contributed by atoms with Gasteiger partial charge in [0, 0.05) is 23.8 Å². The van der Waals surface area contributed by atoms with Crippen LogP contribution in [-0.4, -0.2) is 31.2 Å². The van der Waals surface area contributed by atoms with E-state index in [0.717, 1.165) is 16.7 Å². The van der Waals surface area contributed by atoms with Gasteiger partial charge in [-0.25, -0.2) is 9.97 Å². The zero-order chi connectivity index (χ0) is 19.9. The number of hydrogen-bond donors (Lipinski definition) is 2. The van der Waals surface area contributed by atoms with Gasteiger partial charge in [-0.05, 0) is 12.1 Å². The number of fused-ring (bicyclic) bond motifs is 2. The van der Waals surface area contributed by atoms with E-state index >= 15 is 0 Å². The molecule has 3 aromatic rings. The molecular weight excluding hydrogens is 374 g/mol. The minimum absolute atomic E-state index is 0.0783. The van der Waals surface area contributed by atoms with Gasteiger partial charge in [-0.3, -0.25) is 14.2 Å². The summed E-state index contributed by atoms with van der Waals surface area (Å²) in [4.78, 5) is 37.5. The molecule has 0 radical (unpaired) electrons. The fourth-order valence-electron chi connectivity index (χ4n) is 3.16. The van der Waals surface area contributed by atoms with E-state index in [1.165, 1.54) is 11.8 Å². The molecule has 2 aromatic heterocycles. The molecule has 0 aliphatic carbocycles. The fraction of sp³-hybridized carbons (Fsp3) is 0.400. The molecule has 1 amide bonds. The molecule has 3 heterocycles. The van der Waals surface area contributed by atoms with E-state index in [1.807, 2.05) is 45.0 Å². The molecule has 0 saturated heterocycles. The molecular formula is C20H23N5O2S. The maximum absolute atomic E-state index is 12.6. The standard InChI is InChI=1S/C20H23N5O2S/c1-20(2,3)15-8-17(26)25-10-12(11-28-19(25)24-15)18(27)21-9-16-22-13-6-4-5-7-14(13)23-16/h4-8,12H,9-11H2,1-3H3,(H,21,27)(H,22,23). The highest BCUT2D eigenvalue weighted by Gasteiger charge is 2.28. The third-order valence-electron chi connectivity index (χ3n) is 4.80. The molecule has 4 rings (SSSR count). The molecule has 0 bridgehead atoms. The van der Waals surface area contributed by atoms with Crippen LogP contribution in [0, 0.1) is 5.92 Å². The minimum Gasteiger partial charge on any atom is -0.349 e. The third kappa shape index (κ3) is 3.69. The van der Waals surface area contributed by atoms with Gasteiger partial charge in [0.05, 0.1) is 29.2 Å². The van der Waals surface area contributed by atoms with Crippen LogP contribution in [-0.2, 0) is 23.3 Å². The molecule has 1 aliphatic rings. The quantitative estimate of drug-likeness (QED) is 0.662. The smallest absolute Gasteiger partial charge is 0.254 e. The van der Waals surface area contributed by atoms with Crippen molar-refractivity contribution in [1.82, 2.24) is 24.8 Å². The molecule has 2 N–H and O–H groups in total. The predicted molar refractivity (Wildman–Crippen MR) is 109 cm³/mol. The number of para-hydroxylation sites is 2. The van der Waals surface area contributed by atoms with E-state index in [4.69, 9.17) is 0 Å². The van der Waals surface area contributed by atoms with E-state index in [9.17, 15) is 9.59 Å². The number of H-pyrrole nitrogens is 1. The second-order valence-corrected chi connectivity index (χ2v) is 9.04. The molecule has 28 heavy (non-hydrogen) atoms. The number of nitrogens with one attached hydrogen (secondary N) is 2. The lowest BCUT2D eigenvalue weighted by Crippen LogP contribution is -2.40. The monoisotopic (exact) mass is 397 g/mol. The zero-order valence-corrected chi connectivity index (χ0v) is 17.0. The number of amides is 1. The van der Waals surface area contributed by atoms with Crippen molar-refractivity contribution >= 4 is 28.7 Å². The van der Waals surface area contributed by atoms with Gasteiger partial charge >= 0.3 is 0 Å². The number of rotatable bonds is 3. The van der Waals surface area contributed by atoms with Crippen LogP contribution in [0.1, 0.15) is 32.3 Å². The first-order valence-corrected chi connectivity index (χ1v) is 10.3. The van der Waals surface area contributed by atoms with Crippen molar-refractivity contribution in [2.24, 2.45) is 5.92 Å². The summed E-state index contributed by atoms with van der Waals surface area (Å²) in [5.74, 6) is 0.964. The van der Waals surface area contributed by atoms with E-state index in [0.29, 0.717) is 29.8 Å². The lowest BCUT2D eigenvalue weighted by Gasteiger charge is -2.26. The normalized spacial score (nSPS) is 16.8. The second-order valence-electron chi connectivity index (χ2n) is 8.05. The molecule has 1 unspecified atom stereocenters. The maximum atomic E-state index is 12.6. The molecule has 7 nitrogen and oxygen atoms in total. The highest BCUT2D eigenvalue weighted by molar-refractivity contribution is 7.99. The Morgan fingerprint density at radius 1 is 1.32 bits per heavy atom. The lowest BCUT2D eigenvalue weighted by molar-refractivity contribution is -0.125. The number of imidazole rings is 1. The number of carbonyl (C=O) groups excluding carboxylic acids is 1. The first kappa shape index (κ1) is 18.7. The Labute approximate surface area is 167 Å². The predicted octanol–water partition coefficient (Wildman–Crippen LogP) is 2.46. The Bertz CT molecular complexity index is 1060. The number of benzene rings is 1. The van der Waals surface area contributed by atoms with Gasteiger partial charge in [0.25, 0.3) is 5.56 Å². The lowest BCUT2D eigenvalue weighted by atomic mass is 9.92. The Hall–Kier alpha value is -2.61. The van der Waals surface area contributed by atoms with Crippen LogP contribution in [0.15, 0.2) is 40.3 Å². The van der Waals surface area contributed by atoms with Crippen LogP contribution in [0.2, 0.25) is 0 Å². The summed E-state index contributed by atoms with van der Waals surface area (Å²) < 4.78 is 1.61. The third-order valence-corrected chi connectivity index (χ3v) is 5.94. The molecule has 0 spiro atoms. The van der Waals surface area contributed by atoms with Gasteiger partial charge < -0.3 is 10.3 Å². The number of aromatic amines is 1. The largest absolute Gasteiger partial charge is 0.349 e. The van der Waals surface area contributed by atoms with E-state index in [1.54, 1.807) is 10.6 Å². The van der Waals surface area contributed by atoms with Crippen LogP contribution in [0.25, 0.3) is 11.0 Å². The van der Waals surface area contributed by atoms with Gasteiger partial charge in [-0.1, -0.05) is 44.7 Å². The van der Waals surface area contributed by atoms with E-state index in [2.05, 4.69) is 20.3 Å². The summed E-state index contributed by atoms with van der Waals surface area (Å²) in [5, 5.41) is 3.63. The van der Waals surface area contributed by atoms with Crippen LogP contribution >= 0.6 is 11.8 Å².